The minimum absolute atomic E-state index is 0.0445. The van der Waals surface area contributed by atoms with Crippen LogP contribution in [0.1, 0.15) is 33.1 Å². The number of esters is 1. The van der Waals surface area contributed by atoms with Gasteiger partial charge in [-0.05, 0) is 30.6 Å². The minimum Gasteiger partial charge on any atom is -0.469 e. The zero-order valence-electron chi connectivity index (χ0n) is 9.98. The summed E-state index contributed by atoms with van der Waals surface area (Å²) in [4.78, 5) is 12.2. The van der Waals surface area contributed by atoms with Gasteiger partial charge in [0, 0.05) is 5.33 Å². The maximum absolute atomic E-state index is 12.2. The number of halogens is 2. The molecular formula is C12H18Br2O2. The standard InChI is InChI=1S/C12H18Br2O2/c1-10(2)8-4-5-11(6-8,9(15)16-3)12(10,14)7-13/h8H,4-7H2,1-3H3/t8-,11+,12-/m1/s1. The molecule has 92 valence electrons. The molecule has 0 saturated heterocycles. The van der Waals surface area contributed by atoms with Crippen molar-refractivity contribution in [2.24, 2.45) is 16.7 Å². The summed E-state index contributed by atoms with van der Waals surface area (Å²) in [6, 6.07) is 0. The van der Waals surface area contributed by atoms with Gasteiger partial charge < -0.3 is 4.74 Å². The molecule has 0 N–H and O–H groups in total. The van der Waals surface area contributed by atoms with Gasteiger partial charge in [-0.25, -0.2) is 0 Å². The van der Waals surface area contributed by atoms with Crippen molar-refractivity contribution in [1.82, 2.24) is 0 Å². The maximum Gasteiger partial charge on any atom is 0.313 e. The molecule has 4 heteroatoms. The average Bonchev–Trinajstić information content (AvgIpc) is 2.78. The summed E-state index contributed by atoms with van der Waals surface area (Å²) in [7, 11) is 1.50. The van der Waals surface area contributed by atoms with E-state index >= 15 is 0 Å². The van der Waals surface area contributed by atoms with Gasteiger partial charge in [-0.15, -0.1) is 0 Å². The van der Waals surface area contributed by atoms with Crippen LogP contribution in [0, 0.1) is 16.7 Å². The number of rotatable bonds is 2. The van der Waals surface area contributed by atoms with E-state index in [1.807, 2.05) is 0 Å². The zero-order chi connectivity index (χ0) is 12.2. The second-order valence-electron chi connectivity index (χ2n) is 5.67. The fourth-order valence-corrected chi connectivity index (χ4v) is 5.91. The van der Waals surface area contributed by atoms with Crippen LogP contribution in [0.15, 0.2) is 0 Å². The van der Waals surface area contributed by atoms with Crippen LogP contribution in [0.25, 0.3) is 0 Å². The van der Waals surface area contributed by atoms with Crippen LogP contribution >= 0.6 is 31.9 Å². The lowest BCUT2D eigenvalue weighted by atomic mass is 9.64. The van der Waals surface area contributed by atoms with E-state index in [1.165, 1.54) is 7.11 Å². The van der Waals surface area contributed by atoms with Gasteiger partial charge in [0.25, 0.3) is 0 Å². The molecule has 2 saturated carbocycles. The van der Waals surface area contributed by atoms with Crippen molar-refractivity contribution in [1.29, 1.82) is 0 Å². The van der Waals surface area contributed by atoms with E-state index in [9.17, 15) is 4.79 Å². The number of hydrogen-bond donors (Lipinski definition) is 0. The van der Waals surface area contributed by atoms with E-state index < -0.39 is 0 Å². The lowest BCUT2D eigenvalue weighted by Gasteiger charge is -2.49. The van der Waals surface area contributed by atoms with E-state index in [0.29, 0.717) is 5.92 Å². The van der Waals surface area contributed by atoms with Crippen molar-refractivity contribution >= 4 is 37.8 Å². The SMILES string of the molecule is COC(=O)[C@]12CC[C@H](C1)C(C)(C)[C@]2(Br)CBr. The molecule has 0 amide bonds. The number of methoxy groups -OCH3 is 1. The summed E-state index contributed by atoms with van der Waals surface area (Å²) in [5.41, 5.74) is -0.206. The largest absolute Gasteiger partial charge is 0.469 e. The lowest BCUT2D eigenvalue weighted by molar-refractivity contribution is -0.154. The van der Waals surface area contributed by atoms with Crippen LogP contribution in [0.5, 0.6) is 0 Å². The molecule has 0 aromatic rings. The second-order valence-corrected chi connectivity index (χ2v) is 7.58. The third kappa shape index (κ3) is 1.21. The van der Waals surface area contributed by atoms with Crippen molar-refractivity contribution in [3.05, 3.63) is 0 Å². The van der Waals surface area contributed by atoms with Gasteiger partial charge in [0.15, 0.2) is 0 Å². The topological polar surface area (TPSA) is 26.3 Å². The number of carbonyl (C=O) groups excluding carboxylic acids is 1. The highest BCUT2D eigenvalue weighted by Gasteiger charge is 2.72. The van der Waals surface area contributed by atoms with Crippen LogP contribution < -0.4 is 0 Å². The number of fused-ring (bicyclic) bond motifs is 2. The quantitative estimate of drug-likeness (QED) is 0.560. The zero-order valence-corrected chi connectivity index (χ0v) is 13.2. The first-order chi connectivity index (χ1) is 7.35. The molecule has 2 bridgehead atoms. The number of ether oxygens (including phenoxy) is 1. The average molecular weight is 354 g/mol. The van der Waals surface area contributed by atoms with Gasteiger partial charge in [-0.2, -0.15) is 0 Å². The van der Waals surface area contributed by atoms with Gasteiger partial charge in [0.2, 0.25) is 0 Å². The van der Waals surface area contributed by atoms with Crippen molar-refractivity contribution < 1.29 is 9.53 Å². The van der Waals surface area contributed by atoms with E-state index in [2.05, 4.69) is 45.7 Å². The smallest absolute Gasteiger partial charge is 0.313 e. The Labute approximate surface area is 114 Å². The summed E-state index contributed by atoms with van der Waals surface area (Å²) in [6.45, 7) is 4.52. The third-order valence-corrected chi connectivity index (χ3v) is 8.73. The van der Waals surface area contributed by atoms with Crippen LogP contribution in [0.2, 0.25) is 0 Å². The predicted molar refractivity (Wildman–Crippen MR) is 71.0 cm³/mol. The summed E-state index contributed by atoms with van der Waals surface area (Å²) < 4.78 is 4.88. The van der Waals surface area contributed by atoms with Gasteiger partial charge in [0.05, 0.1) is 16.8 Å². The van der Waals surface area contributed by atoms with Crippen LogP contribution in [0.3, 0.4) is 0 Å². The molecule has 0 aromatic heterocycles. The van der Waals surface area contributed by atoms with Gasteiger partial charge in [-0.3, -0.25) is 4.79 Å². The van der Waals surface area contributed by atoms with Gasteiger partial charge >= 0.3 is 5.97 Å². The Kier molecular flexibility index (Phi) is 2.99. The van der Waals surface area contributed by atoms with E-state index in [-0.39, 0.29) is 21.1 Å². The Morgan fingerprint density at radius 3 is 2.62 bits per heavy atom. The molecule has 2 rings (SSSR count). The molecular weight excluding hydrogens is 336 g/mol. The van der Waals surface area contributed by atoms with Crippen molar-refractivity contribution in [2.45, 2.75) is 37.4 Å². The van der Waals surface area contributed by atoms with Crippen molar-refractivity contribution in [3.8, 4) is 0 Å². The number of hydrogen-bond acceptors (Lipinski definition) is 2. The summed E-state index contributed by atoms with van der Waals surface area (Å²) >= 11 is 7.46. The van der Waals surface area contributed by atoms with Crippen molar-refractivity contribution in [3.63, 3.8) is 0 Å². The highest BCUT2D eigenvalue weighted by Crippen LogP contribution is 2.72. The Morgan fingerprint density at radius 1 is 1.50 bits per heavy atom. The first-order valence-electron chi connectivity index (χ1n) is 5.69. The lowest BCUT2D eigenvalue weighted by Crippen LogP contribution is -2.55. The molecule has 3 atom stereocenters. The number of carbonyl (C=O) groups is 1. The molecule has 0 unspecified atom stereocenters. The molecule has 2 nitrogen and oxygen atoms in total. The Bertz CT molecular complexity index is 329. The second kappa shape index (κ2) is 3.71. The fraction of sp³-hybridized carbons (Fsp3) is 0.917. The molecule has 0 heterocycles. The predicted octanol–water partition coefficient (Wildman–Crippen LogP) is 3.51. The fourth-order valence-electron chi connectivity index (χ4n) is 3.80. The van der Waals surface area contributed by atoms with Crippen molar-refractivity contribution in [2.75, 3.05) is 12.4 Å². The molecule has 2 fully saturated rings. The Balaban J connectivity index is 2.50. The molecule has 2 aliphatic rings. The minimum atomic E-state index is -0.334. The Morgan fingerprint density at radius 2 is 2.12 bits per heavy atom. The van der Waals surface area contributed by atoms with Gasteiger partial charge in [-0.1, -0.05) is 45.7 Å². The number of alkyl halides is 2. The molecule has 0 radical (unpaired) electrons. The maximum atomic E-state index is 12.2. The Hall–Kier alpha value is 0.430. The van der Waals surface area contributed by atoms with Crippen LogP contribution in [-0.2, 0) is 9.53 Å². The normalized spacial score (nSPS) is 44.7. The first-order valence-corrected chi connectivity index (χ1v) is 7.60. The highest BCUT2D eigenvalue weighted by atomic mass is 79.9. The monoisotopic (exact) mass is 352 g/mol. The summed E-state index contributed by atoms with van der Waals surface area (Å²) in [5.74, 6) is 0.570. The third-order valence-electron chi connectivity index (χ3n) is 5.08. The molecule has 2 aliphatic carbocycles. The highest BCUT2D eigenvalue weighted by molar-refractivity contribution is 9.12. The first kappa shape index (κ1) is 12.9. The van der Waals surface area contributed by atoms with E-state index in [0.717, 1.165) is 24.6 Å². The molecule has 16 heavy (non-hydrogen) atoms. The van der Waals surface area contributed by atoms with E-state index in [1.54, 1.807) is 0 Å². The summed E-state index contributed by atoms with van der Waals surface area (Å²) in [5, 5.41) is 0.790. The summed E-state index contributed by atoms with van der Waals surface area (Å²) in [6.07, 6.45) is 3.05. The van der Waals surface area contributed by atoms with Crippen LogP contribution in [0.4, 0.5) is 0 Å². The molecule has 0 spiro atoms. The molecule has 0 aliphatic heterocycles. The van der Waals surface area contributed by atoms with Gasteiger partial charge in [0.1, 0.15) is 0 Å². The molecule has 0 aromatic carbocycles. The van der Waals surface area contributed by atoms with Crippen LogP contribution in [-0.4, -0.2) is 22.7 Å². The van der Waals surface area contributed by atoms with E-state index in [4.69, 9.17) is 4.74 Å².